The van der Waals surface area contributed by atoms with Gasteiger partial charge in [-0.1, -0.05) is 28.1 Å². The third-order valence-corrected chi connectivity index (χ3v) is 4.26. The quantitative estimate of drug-likeness (QED) is 0.825. The van der Waals surface area contributed by atoms with Crippen LogP contribution in [0, 0.1) is 13.8 Å². The monoisotopic (exact) mass is 316 g/mol. The van der Waals surface area contributed by atoms with Crippen LogP contribution < -0.4 is 10.2 Å². The third kappa shape index (κ3) is 2.23. The van der Waals surface area contributed by atoms with Crippen LogP contribution in [0.15, 0.2) is 40.9 Å². The van der Waals surface area contributed by atoms with Crippen LogP contribution in [0.5, 0.6) is 0 Å². The Labute approximate surface area is 122 Å². The van der Waals surface area contributed by atoms with Crippen LogP contribution in [-0.2, 0) is 0 Å². The molecule has 0 spiro atoms. The lowest BCUT2D eigenvalue weighted by Gasteiger charge is -2.33. The van der Waals surface area contributed by atoms with Gasteiger partial charge in [0.05, 0.1) is 11.4 Å². The summed E-state index contributed by atoms with van der Waals surface area (Å²) in [5.74, 6) is 0. The summed E-state index contributed by atoms with van der Waals surface area (Å²) in [6.07, 6.45) is 0. The number of hydrogen-bond donors (Lipinski definition) is 1. The fourth-order valence-corrected chi connectivity index (χ4v) is 2.93. The molecule has 0 saturated heterocycles. The van der Waals surface area contributed by atoms with Crippen LogP contribution in [0.1, 0.15) is 11.1 Å². The predicted octanol–water partition coefficient (Wildman–Crippen LogP) is 4.63. The average Bonchev–Trinajstić information content (AvgIpc) is 2.41. The third-order valence-electron chi connectivity index (χ3n) is 3.77. The van der Waals surface area contributed by atoms with Crippen molar-refractivity contribution in [1.29, 1.82) is 0 Å². The Morgan fingerprint density at radius 2 is 1.95 bits per heavy atom. The largest absolute Gasteiger partial charge is 0.382 e. The summed E-state index contributed by atoms with van der Waals surface area (Å²) in [4.78, 5) is 2.40. The maximum atomic E-state index is 3.57. The molecular formula is C16H17BrN2. The fourth-order valence-electron chi connectivity index (χ4n) is 2.58. The van der Waals surface area contributed by atoms with E-state index in [9.17, 15) is 0 Å². The van der Waals surface area contributed by atoms with Gasteiger partial charge in [0.25, 0.3) is 0 Å². The van der Waals surface area contributed by atoms with Gasteiger partial charge < -0.3 is 10.2 Å². The fraction of sp³-hybridized carbons (Fsp3) is 0.250. The summed E-state index contributed by atoms with van der Waals surface area (Å²) in [6.45, 7) is 6.34. The second-order valence-corrected chi connectivity index (χ2v) is 5.87. The molecule has 3 heteroatoms. The van der Waals surface area contributed by atoms with E-state index in [0.717, 1.165) is 17.6 Å². The molecule has 0 atom stereocenters. The smallest absolute Gasteiger partial charge is 0.0658 e. The summed E-state index contributed by atoms with van der Waals surface area (Å²) in [5, 5.41) is 3.46. The molecule has 2 aromatic rings. The molecule has 1 N–H and O–H groups in total. The zero-order chi connectivity index (χ0) is 13.4. The Hall–Kier alpha value is -1.48. The van der Waals surface area contributed by atoms with Crippen molar-refractivity contribution in [1.82, 2.24) is 0 Å². The Kier molecular flexibility index (Phi) is 3.23. The zero-order valence-electron chi connectivity index (χ0n) is 11.2. The van der Waals surface area contributed by atoms with Gasteiger partial charge in [0.15, 0.2) is 0 Å². The molecule has 0 aromatic heterocycles. The number of halogens is 1. The van der Waals surface area contributed by atoms with Crippen LogP contribution in [0.25, 0.3) is 0 Å². The number of aryl methyl sites for hydroxylation is 1. The lowest BCUT2D eigenvalue weighted by molar-refractivity contribution is 0.920. The lowest BCUT2D eigenvalue weighted by atomic mass is 10.1. The molecule has 0 fully saturated rings. The predicted molar refractivity (Wildman–Crippen MR) is 85.6 cm³/mol. The van der Waals surface area contributed by atoms with Gasteiger partial charge in [-0.05, 0) is 49.2 Å². The van der Waals surface area contributed by atoms with Crippen molar-refractivity contribution in [2.24, 2.45) is 0 Å². The summed E-state index contributed by atoms with van der Waals surface area (Å²) < 4.78 is 1.12. The van der Waals surface area contributed by atoms with E-state index in [1.165, 1.54) is 28.2 Å². The van der Waals surface area contributed by atoms with E-state index in [-0.39, 0.29) is 0 Å². The molecule has 0 bridgehead atoms. The van der Waals surface area contributed by atoms with Gasteiger partial charge in [0.1, 0.15) is 0 Å². The van der Waals surface area contributed by atoms with Gasteiger partial charge in [-0.15, -0.1) is 0 Å². The summed E-state index contributed by atoms with van der Waals surface area (Å²) in [6, 6.07) is 12.9. The van der Waals surface area contributed by atoms with Gasteiger partial charge in [-0.3, -0.25) is 0 Å². The van der Waals surface area contributed by atoms with E-state index in [2.05, 4.69) is 76.4 Å². The number of anilines is 3. The van der Waals surface area contributed by atoms with Gasteiger partial charge in [-0.2, -0.15) is 0 Å². The van der Waals surface area contributed by atoms with Crippen LogP contribution in [-0.4, -0.2) is 13.1 Å². The highest BCUT2D eigenvalue weighted by Gasteiger charge is 2.19. The number of hydrogen-bond acceptors (Lipinski definition) is 2. The summed E-state index contributed by atoms with van der Waals surface area (Å²) >= 11 is 3.57. The Bertz CT molecular complexity index is 622. The first-order chi connectivity index (χ1) is 9.16. The normalized spacial score (nSPS) is 13.9. The van der Waals surface area contributed by atoms with E-state index >= 15 is 0 Å². The molecule has 0 saturated carbocycles. The molecule has 1 aliphatic heterocycles. The van der Waals surface area contributed by atoms with Crippen molar-refractivity contribution in [3.8, 4) is 0 Å². The maximum absolute atomic E-state index is 3.57. The highest BCUT2D eigenvalue weighted by molar-refractivity contribution is 9.10. The van der Waals surface area contributed by atoms with Crippen molar-refractivity contribution in [2.45, 2.75) is 13.8 Å². The number of rotatable bonds is 1. The highest BCUT2D eigenvalue weighted by atomic mass is 79.9. The molecule has 0 amide bonds. The van der Waals surface area contributed by atoms with Gasteiger partial charge in [0.2, 0.25) is 0 Å². The van der Waals surface area contributed by atoms with E-state index in [4.69, 9.17) is 0 Å². The second-order valence-electron chi connectivity index (χ2n) is 4.96. The molecule has 3 rings (SSSR count). The van der Waals surface area contributed by atoms with E-state index in [0.29, 0.717) is 0 Å². The Morgan fingerprint density at radius 1 is 1.11 bits per heavy atom. The van der Waals surface area contributed by atoms with Crippen molar-refractivity contribution in [3.05, 3.63) is 52.0 Å². The summed E-state index contributed by atoms with van der Waals surface area (Å²) in [5.41, 5.74) is 6.45. The minimum Gasteiger partial charge on any atom is -0.382 e. The van der Waals surface area contributed by atoms with E-state index in [1.54, 1.807) is 0 Å². The second kappa shape index (κ2) is 4.89. The van der Waals surface area contributed by atoms with Gasteiger partial charge >= 0.3 is 0 Å². The molecule has 0 aliphatic carbocycles. The van der Waals surface area contributed by atoms with Crippen LogP contribution in [0.4, 0.5) is 17.1 Å². The highest BCUT2D eigenvalue weighted by Crippen LogP contribution is 2.38. The number of nitrogens with one attached hydrogen (secondary N) is 1. The molecule has 1 heterocycles. The molecule has 98 valence electrons. The van der Waals surface area contributed by atoms with Crippen LogP contribution in [0.2, 0.25) is 0 Å². The minimum atomic E-state index is 0.974. The minimum absolute atomic E-state index is 0.974. The van der Waals surface area contributed by atoms with Gasteiger partial charge in [-0.25, -0.2) is 0 Å². The van der Waals surface area contributed by atoms with Crippen LogP contribution >= 0.6 is 15.9 Å². The zero-order valence-corrected chi connectivity index (χ0v) is 12.8. The number of fused-ring (bicyclic) bond motifs is 1. The van der Waals surface area contributed by atoms with Crippen molar-refractivity contribution in [2.75, 3.05) is 23.3 Å². The molecule has 2 nitrogen and oxygen atoms in total. The molecule has 19 heavy (non-hydrogen) atoms. The lowest BCUT2D eigenvalue weighted by Crippen LogP contribution is -2.30. The van der Waals surface area contributed by atoms with Crippen LogP contribution in [0.3, 0.4) is 0 Å². The number of nitrogens with zero attached hydrogens (tertiary/aromatic N) is 1. The first kappa shape index (κ1) is 12.5. The first-order valence-corrected chi connectivity index (χ1v) is 7.33. The van der Waals surface area contributed by atoms with E-state index in [1.807, 2.05) is 0 Å². The summed E-state index contributed by atoms with van der Waals surface area (Å²) in [7, 11) is 0. The standard InChI is InChI=1S/C16H17BrN2/c1-11-4-3-5-15(12(11)2)19-9-8-18-14-7-6-13(17)10-16(14)19/h3-7,10,18H,8-9H2,1-2H3. The first-order valence-electron chi connectivity index (χ1n) is 6.54. The number of benzene rings is 2. The molecule has 0 radical (unpaired) electrons. The molecular weight excluding hydrogens is 300 g/mol. The molecule has 2 aromatic carbocycles. The Morgan fingerprint density at radius 3 is 2.79 bits per heavy atom. The maximum Gasteiger partial charge on any atom is 0.0658 e. The van der Waals surface area contributed by atoms with E-state index < -0.39 is 0 Å². The van der Waals surface area contributed by atoms with Gasteiger partial charge in [0, 0.05) is 23.2 Å². The van der Waals surface area contributed by atoms with Crippen molar-refractivity contribution < 1.29 is 0 Å². The average molecular weight is 317 g/mol. The molecule has 1 aliphatic rings. The Balaban J connectivity index is 2.13. The SMILES string of the molecule is Cc1cccc(N2CCNc3ccc(Br)cc32)c1C. The van der Waals surface area contributed by atoms with Crippen molar-refractivity contribution in [3.63, 3.8) is 0 Å². The van der Waals surface area contributed by atoms with Crippen molar-refractivity contribution >= 4 is 33.0 Å². The molecule has 0 unspecified atom stereocenters. The topological polar surface area (TPSA) is 15.3 Å².